The molecule has 6 heteroatoms. The average molecular weight is 290 g/mol. The molecule has 1 aromatic carbocycles. The Morgan fingerprint density at radius 2 is 2.14 bits per heavy atom. The zero-order chi connectivity index (χ0) is 15.2. The molecule has 1 atom stereocenters. The van der Waals surface area contributed by atoms with Crippen LogP contribution >= 0.6 is 0 Å². The van der Waals surface area contributed by atoms with Gasteiger partial charge in [-0.2, -0.15) is 0 Å². The molecule has 0 bridgehead atoms. The Bertz CT molecular complexity index is 566. The fraction of sp³-hybridized carbons (Fsp3) is 0.400. The van der Waals surface area contributed by atoms with Crippen LogP contribution in [0, 0.1) is 12.3 Å². The molecule has 1 unspecified atom stereocenters. The standard InChI is InChI=1S/C15H18N2O4/c1-2-7-20-13-5-4-12(21-9-10(18)8-16)11-3-6-14(19)17-15(11)13/h1,4-5,10,18H,3,6-9,16H2,(H,17,19). The monoisotopic (exact) mass is 290 g/mol. The zero-order valence-electron chi connectivity index (χ0n) is 11.6. The van der Waals surface area contributed by atoms with Crippen LogP contribution in [0.15, 0.2) is 12.1 Å². The first-order valence-electron chi connectivity index (χ1n) is 6.68. The molecular weight excluding hydrogens is 272 g/mol. The summed E-state index contributed by atoms with van der Waals surface area (Å²) in [5.41, 5.74) is 6.77. The van der Waals surface area contributed by atoms with Gasteiger partial charge in [-0.25, -0.2) is 0 Å². The van der Waals surface area contributed by atoms with Gasteiger partial charge in [-0.15, -0.1) is 6.42 Å². The maximum Gasteiger partial charge on any atom is 0.224 e. The maximum absolute atomic E-state index is 11.6. The van der Waals surface area contributed by atoms with Gasteiger partial charge in [0.2, 0.25) is 5.91 Å². The lowest BCUT2D eigenvalue weighted by atomic mass is 10.0. The van der Waals surface area contributed by atoms with Crippen molar-refractivity contribution in [1.29, 1.82) is 0 Å². The number of aliphatic hydroxyl groups is 1. The highest BCUT2D eigenvalue weighted by Crippen LogP contribution is 2.38. The van der Waals surface area contributed by atoms with E-state index in [1.54, 1.807) is 12.1 Å². The van der Waals surface area contributed by atoms with Crippen molar-refractivity contribution >= 4 is 11.6 Å². The van der Waals surface area contributed by atoms with Crippen LogP contribution in [0.4, 0.5) is 5.69 Å². The summed E-state index contributed by atoms with van der Waals surface area (Å²) in [6, 6.07) is 3.43. The van der Waals surface area contributed by atoms with Crippen molar-refractivity contribution in [3.63, 3.8) is 0 Å². The number of rotatable bonds is 6. The van der Waals surface area contributed by atoms with Gasteiger partial charge in [0.15, 0.2) is 0 Å². The molecule has 0 spiro atoms. The molecular formula is C15H18N2O4. The third kappa shape index (κ3) is 3.66. The van der Waals surface area contributed by atoms with Gasteiger partial charge in [0.25, 0.3) is 0 Å². The van der Waals surface area contributed by atoms with Crippen molar-refractivity contribution in [2.24, 2.45) is 5.73 Å². The van der Waals surface area contributed by atoms with Crippen molar-refractivity contribution in [1.82, 2.24) is 0 Å². The van der Waals surface area contributed by atoms with E-state index in [1.165, 1.54) is 0 Å². The largest absolute Gasteiger partial charge is 0.490 e. The average Bonchev–Trinajstić information content (AvgIpc) is 2.50. The fourth-order valence-electron chi connectivity index (χ4n) is 2.06. The number of nitrogens with two attached hydrogens (primary N) is 1. The molecule has 1 heterocycles. The van der Waals surface area contributed by atoms with Crippen LogP contribution in [0.5, 0.6) is 11.5 Å². The number of fused-ring (bicyclic) bond motifs is 1. The second kappa shape index (κ2) is 6.97. The Kier molecular flexibility index (Phi) is 5.04. The second-order valence-corrected chi connectivity index (χ2v) is 4.66. The molecule has 0 radical (unpaired) electrons. The number of amides is 1. The van der Waals surface area contributed by atoms with Gasteiger partial charge in [-0.3, -0.25) is 4.79 Å². The number of ether oxygens (including phenoxy) is 2. The van der Waals surface area contributed by atoms with Gasteiger partial charge in [0.1, 0.15) is 30.8 Å². The maximum atomic E-state index is 11.6. The molecule has 6 nitrogen and oxygen atoms in total. The Morgan fingerprint density at radius 1 is 1.38 bits per heavy atom. The molecule has 112 valence electrons. The van der Waals surface area contributed by atoms with E-state index in [9.17, 15) is 9.90 Å². The molecule has 21 heavy (non-hydrogen) atoms. The number of carbonyl (C=O) groups excluding carboxylic acids is 1. The van der Waals surface area contributed by atoms with Gasteiger partial charge in [-0.05, 0) is 18.6 Å². The van der Waals surface area contributed by atoms with Gasteiger partial charge >= 0.3 is 0 Å². The van der Waals surface area contributed by atoms with Crippen LogP contribution in [-0.4, -0.2) is 36.9 Å². The molecule has 0 fully saturated rings. The van der Waals surface area contributed by atoms with Crippen LogP contribution < -0.4 is 20.5 Å². The van der Waals surface area contributed by atoms with Crippen LogP contribution in [0.3, 0.4) is 0 Å². The van der Waals surface area contributed by atoms with Crippen molar-refractivity contribution in [2.45, 2.75) is 18.9 Å². The number of carbonyl (C=O) groups is 1. The summed E-state index contributed by atoms with van der Waals surface area (Å²) < 4.78 is 11.0. The molecule has 1 amide bonds. The third-order valence-electron chi connectivity index (χ3n) is 3.11. The van der Waals surface area contributed by atoms with Gasteiger partial charge in [0, 0.05) is 18.5 Å². The first-order chi connectivity index (χ1) is 10.2. The van der Waals surface area contributed by atoms with E-state index < -0.39 is 6.10 Å². The number of benzene rings is 1. The summed E-state index contributed by atoms with van der Waals surface area (Å²) in [6.07, 6.45) is 5.37. The number of aliphatic hydroxyl groups excluding tert-OH is 1. The fourth-order valence-corrected chi connectivity index (χ4v) is 2.06. The molecule has 1 aromatic rings. The topological polar surface area (TPSA) is 93.8 Å². The van der Waals surface area contributed by atoms with Gasteiger partial charge < -0.3 is 25.6 Å². The SMILES string of the molecule is C#CCOc1ccc(OCC(O)CN)c2c1NC(=O)CC2. The highest BCUT2D eigenvalue weighted by atomic mass is 16.5. The first kappa shape index (κ1) is 15.2. The summed E-state index contributed by atoms with van der Waals surface area (Å²) in [6.45, 7) is 0.345. The van der Waals surface area contributed by atoms with Crippen LogP contribution in [0.25, 0.3) is 0 Å². The molecule has 1 aliphatic rings. The van der Waals surface area contributed by atoms with Crippen molar-refractivity contribution in [3.05, 3.63) is 17.7 Å². The molecule has 1 aliphatic heterocycles. The first-order valence-corrected chi connectivity index (χ1v) is 6.68. The number of hydrogen-bond acceptors (Lipinski definition) is 5. The Balaban J connectivity index is 2.25. The van der Waals surface area contributed by atoms with E-state index in [0.717, 1.165) is 5.56 Å². The van der Waals surface area contributed by atoms with Crippen LogP contribution in [0.2, 0.25) is 0 Å². The molecule has 0 aliphatic carbocycles. The van der Waals surface area contributed by atoms with E-state index in [1.807, 2.05) is 0 Å². The predicted octanol–water partition coefficient (Wildman–Crippen LogP) is 0.282. The summed E-state index contributed by atoms with van der Waals surface area (Å²) >= 11 is 0. The Labute approximate surface area is 123 Å². The zero-order valence-corrected chi connectivity index (χ0v) is 11.6. The minimum atomic E-state index is -0.726. The van der Waals surface area contributed by atoms with E-state index in [2.05, 4.69) is 11.2 Å². The molecule has 0 saturated heterocycles. The van der Waals surface area contributed by atoms with Crippen LogP contribution in [-0.2, 0) is 11.2 Å². The number of terminal acetylenes is 1. The van der Waals surface area contributed by atoms with E-state index >= 15 is 0 Å². The summed E-state index contributed by atoms with van der Waals surface area (Å²) in [5, 5.41) is 12.2. The second-order valence-electron chi connectivity index (χ2n) is 4.66. The van der Waals surface area contributed by atoms with Crippen LogP contribution in [0.1, 0.15) is 12.0 Å². The van der Waals surface area contributed by atoms with Crippen molar-refractivity contribution in [3.8, 4) is 23.8 Å². The van der Waals surface area contributed by atoms with E-state index in [0.29, 0.717) is 30.0 Å². The quantitative estimate of drug-likeness (QED) is 0.654. The number of hydrogen-bond donors (Lipinski definition) is 3. The van der Waals surface area contributed by atoms with Gasteiger partial charge in [0.05, 0.1) is 5.69 Å². The predicted molar refractivity (Wildman–Crippen MR) is 78.3 cm³/mol. The number of nitrogens with one attached hydrogen (secondary N) is 1. The van der Waals surface area contributed by atoms with E-state index in [4.69, 9.17) is 21.6 Å². The Hall–Kier alpha value is -2.23. The van der Waals surface area contributed by atoms with Crippen molar-refractivity contribution < 1.29 is 19.4 Å². The number of anilines is 1. The summed E-state index contributed by atoms with van der Waals surface area (Å²) in [5.74, 6) is 3.43. The van der Waals surface area contributed by atoms with Gasteiger partial charge in [-0.1, -0.05) is 5.92 Å². The smallest absolute Gasteiger partial charge is 0.224 e. The third-order valence-corrected chi connectivity index (χ3v) is 3.11. The summed E-state index contributed by atoms with van der Waals surface area (Å²) in [7, 11) is 0. The lowest BCUT2D eigenvalue weighted by Crippen LogP contribution is -2.27. The highest BCUT2D eigenvalue weighted by molar-refractivity contribution is 5.96. The molecule has 2 rings (SSSR count). The highest BCUT2D eigenvalue weighted by Gasteiger charge is 2.23. The minimum absolute atomic E-state index is 0.0767. The molecule has 0 aromatic heterocycles. The minimum Gasteiger partial charge on any atom is -0.490 e. The lowest BCUT2D eigenvalue weighted by Gasteiger charge is -2.23. The lowest BCUT2D eigenvalue weighted by molar-refractivity contribution is -0.116. The van der Waals surface area contributed by atoms with E-state index in [-0.39, 0.29) is 25.7 Å². The summed E-state index contributed by atoms with van der Waals surface area (Å²) in [4.78, 5) is 11.6. The Morgan fingerprint density at radius 3 is 2.86 bits per heavy atom. The normalized spacial score (nSPS) is 14.6. The molecule has 4 N–H and O–H groups in total. The molecule has 0 saturated carbocycles. The van der Waals surface area contributed by atoms with Crippen molar-refractivity contribution in [2.75, 3.05) is 25.1 Å².